The minimum atomic E-state index is -0.280. The summed E-state index contributed by atoms with van der Waals surface area (Å²) in [5, 5.41) is 0. The molecule has 2 unspecified atom stereocenters. The number of amides is 1. The number of ether oxygens (including phenoxy) is 1. The lowest BCUT2D eigenvalue weighted by Gasteiger charge is -2.33. The first-order valence-electron chi connectivity index (χ1n) is 4.78. The van der Waals surface area contributed by atoms with E-state index >= 15 is 0 Å². The monoisotopic (exact) mass is 184 g/mol. The second kappa shape index (κ2) is 2.96. The Bertz CT molecular complexity index is 224. The maximum atomic E-state index is 11.6. The molecule has 1 amide bonds. The molecule has 74 valence electrons. The molecule has 2 N–H and O–H groups in total. The van der Waals surface area contributed by atoms with Gasteiger partial charge in [0.05, 0.1) is 18.2 Å². The van der Waals surface area contributed by atoms with Crippen LogP contribution in [0.4, 0.5) is 0 Å². The summed E-state index contributed by atoms with van der Waals surface area (Å²) in [6.07, 6.45) is 1.72. The van der Waals surface area contributed by atoms with Crippen LogP contribution in [0.25, 0.3) is 0 Å². The molecule has 0 radical (unpaired) electrons. The number of carbonyl (C=O) groups is 1. The largest absolute Gasteiger partial charge is 0.379 e. The maximum Gasteiger partial charge on any atom is 0.240 e. The van der Waals surface area contributed by atoms with Crippen LogP contribution in [0.15, 0.2) is 0 Å². The van der Waals surface area contributed by atoms with Crippen molar-refractivity contribution in [1.82, 2.24) is 4.90 Å². The van der Waals surface area contributed by atoms with Gasteiger partial charge in [-0.15, -0.1) is 0 Å². The Morgan fingerprint density at radius 1 is 1.69 bits per heavy atom. The summed E-state index contributed by atoms with van der Waals surface area (Å²) in [6, 6.07) is -0.280. The molecule has 2 heterocycles. The first kappa shape index (κ1) is 8.97. The zero-order valence-corrected chi connectivity index (χ0v) is 7.95. The van der Waals surface area contributed by atoms with Crippen molar-refractivity contribution in [1.29, 1.82) is 0 Å². The number of likely N-dealkylation sites (tertiary alicyclic amines) is 1. The maximum absolute atomic E-state index is 11.6. The van der Waals surface area contributed by atoms with E-state index in [4.69, 9.17) is 10.5 Å². The van der Waals surface area contributed by atoms with Crippen LogP contribution >= 0.6 is 0 Å². The van der Waals surface area contributed by atoms with E-state index in [1.807, 2.05) is 4.90 Å². The van der Waals surface area contributed by atoms with Gasteiger partial charge in [0.1, 0.15) is 0 Å². The minimum Gasteiger partial charge on any atom is -0.379 e. The predicted octanol–water partition coefficient (Wildman–Crippen LogP) is -0.275. The lowest BCUT2D eigenvalue weighted by molar-refractivity contribution is -0.133. The van der Waals surface area contributed by atoms with Crippen LogP contribution in [-0.4, -0.2) is 42.1 Å². The van der Waals surface area contributed by atoms with E-state index in [9.17, 15) is 4.79 Å². The molecule has 13 heavy (non-hydrogen) atoms. The van der Waals surface area contributed by atoms with Crippen LogP contribution in [0.1, 0.15) is 19.8 Å². The topological polar surface area (TPSA) is 55.6 Å². The van der Waals surface area contributed by atoms with Crippen molar-refractivity contribution >= 4 is 5.91 Å². The van der Waals surface area contributed by atoms with Gasteiger partial charge in [-0.05, 0) is 19.8 Å². The van der Waals surface area contributed by atoms with Gasteiger partial charge in [-0.3, -0.25) is 4.79 Å². The number of carbonyl (C=O) groups excluding carboxylic acids is 1. The highest BCUT2D eigenvalue weighted by atomic mass is 16.5. The quantitative estimate of drug-likeness (QED) is 0.610. The third-order valence-electron chi connectivity index (χ3n) is 3.10. The SMILES string of the molecule is CC1(N2CCC(N)C2=O)CCOC1. The summed E-state index contributed by atoms with van der Waals surface area (Å²) >= 11 is 0. The fourth-order valence-corrected chi connectivity index (χ4v) is 2.11. The van der Waals surface area contributed by atoms with Crippen LogP contribution < -0.4 is 5.73 Å². The summed E-state index contributed by atoms with van der Waals surface area (Å²) in [4.78, 5) is 13.5. The standard InChI is InChI=1S/C9H16N2O2/c1-9(3-5-13-6-9)11-4-2-7(10)8(11)12/h7H,2-6,10H2,1H3. The number of hydrogen-bond acceptors (Lipinski definition) is 3. The summed E-state index contributed by atoms with van der Waals surface area (Å²) in [5.41, 5.74) is 5.57. The van der Waals surface area contributed by atoms with Crippen molar-refractivity contribution in [3.8, 4) is 0 Å². The Morgan fingerprint density at radius 2 is 2.46 bits per heavy atom. The minimum absolute atomic E-state index is 0.0907. The van der Waals surface area contributed by atoms with E-state index in [-0.39, 0.29) is 17.5 Å². The van der Waals surface area contributed by atoms with Gasteiger partial charge in [0.15, 0.2) is 0 Å². The first-order chi connectivity index (χ1) is 6.13. The van der Waals surface area contributed by atoms with Crippen molar-refractivity contribution < 1.29 is 9.53 Å². The molecule has 0 bridgehead atoms. The zero-order chi connectivity index (χ0) is 9.47. The third kappa shape index (κ3) is 1.34. The predicted molar refractivity (Wildman–Crippen MR) is 48.1 cm³/mol. The lowest BCUT2D eigenvalue weighted by Crippen LogP contribution is -2.49. The van der Waals surface area contributed by atoms with Gasteiger partial charge in [0, 0.05) is 13.2 Å². The van der Waals surface area contributed by atoms with Crippen LogP contribution in [0.2, 0.25) is 0 Å². The van der Waals surface area contributed by atoms with E-state index in [1.165, 1.54) is 0 Å². The van der Waals surface area contributed by atoms with Gasteiger partial charge in [-0.2, -0.15) is 0 Å². The summed E-state index contributed by atoms with van der Waals surface area (Å²) in [6.45, 7) is 4.29. The number of nitrogens with zero attached hydrogens (tertiary/aromatic N) is 1. The van der Waals surface area contributed by atoms with Crippen LogP contribution in [0.5, 0.6) is 0 Å². The normalized spacial score (nSPS) is 40.3. The number of hydrogen-bond donors (Lipinski definition) is 1. The smallest absolute Gasteiger partial charge is 0.240 e. The van der Waals surface area contributed by atoms with Crippen LogP contribution in [0, 0.1) is 0 Å². The second-order valence-corrected chi connectivity index (χ2v) is 4.18. The molecule has 0 spiro atoms. The highest BCUT2D eigenvalue weighted by molar-refractivity contribution is 5.84. The highest BCUT2D eigenvalue weighted by Gasteiger charge is 2.43. The molecule has 2 saturated heterocycles. The fraction of sp³-hybridized carbons (Fsp3) is 0.889. The van der Waals surface area contributed by atoms with Gasteiger partial charge in [-0.25, -0.2) is 0 Å². The molecule has 2 aliphatic rings. The number of nitrogens with two attached hydrogens (primary N) is 1. The Kier molecular flexibility index (Phi) is 2.04. The van der Waals surface area contributed by atoms with Crippen molar-refractivity contribution in [3.05, 3.63) is 0 Å². The molecule has 0 aromatic carbocycles. The van der Waals surface area contributed by atoms with E-state index < -0.39 is 0 Å². The van der Waals surface area contributed by atoms with E-state index in [1.54, 1.807) is 0 Å². The summed E-state index contributed by atoms with van der Waals surface area (Å²) in [7, 11) is 0. The van der Waals surface area contributed by atoms with E-state index in [0.29, 0.717) is 6.61 Å². The molecule has 4 nitrogen and oxygen atoms in total. The van der Waals surface area contributed by atoms with Gasteiger partial charge >= 0.3 is 0 Å². The van der Waals surface area contributed by atoms with Gasteiger partial charge in [0.2, 0.25) is 5.91 Å². The van der Waals surface area contributed by atoms with E-state index in [0.717, 1.165) is 26.0 Å². The van der Waals surface area contributed by atoms with Gasteiger partial charge < -0.3 is 15.4 Å². The Labute approximate surface area is 78.0 Å². The Hall–Kier alpha value is -0.610. The summed E-state index contributed by atoms with van der Waals surface area (Å²) < 4.78 is 5.32. The molecule has 2 atom stereocenters. The van der Waals surface area contributed by atoms with Crippen LogP contribution in [0.3, 0.4) is 0 Å². The average molecular weight is 184 g/mol. The molecule has 4 heteroatoms. The summed E-state index contributed by atoms with van der Waals surface area (Å²) in [5.74, 6) is 0.0907. The van der Waals surface area contributed by atoms with Gasteiger partial charge in [-0.1, -0.05) is 0 Å². The lowest BCUT2D eigenvalue weighted by atomic mass is 10.00. The van der Waals surface area contributed by atoms with Crippen molar-refractivity contribution in [3.63, 3.8) is 0 Å². The number of rotatable bonds is 1. The van der Waals surface area contributed by atoms with Crippen molar-refractivity contribution in [2.24, 2.45) is 5.73 Å². The molecular weight excluding hydrogens is 168 g/mol. The van der Waals surface area contributed by atoms with Crippen molar-refractivity contribution in [2.45, 2.75) is 31.3 Å². The second-order valence-electron chi connectivity index (χ2n) is 4.18. The van der Waals surface area contributed by atoms with Gasteiger partial charge in [0.25, 0.3) is 0 Å². The molecule has 2 aliphatic heterocycles. The molecule has 0 aromatic rings. The zero-order valence-electron chi connectivity index (χ0n) is 7.95. The molecule has 2 fully saturated rings. The fourth-order valence-electron chi connectivity index (χ4n) is 2.11. The third-order valence-corrected chi connectivity index (χ3v) is 3.10. The van der Waals surface area contributed by atoms with E-state index in [2.05, 4.69) is 6.92 Å². The van der Waals surface area contributed by atoms with Crippen molar-refractivity contribution in [2.75, 3.05) is 19.8 Å². The van der Waals surface area contributed by atoms with Crippen LogP contribution in [-0.2, 0) is 9.53 Å². The molecular formula is C9H16N2O2. The Morgan fingerprint density at radius 3 is 2.92 bits per heavy atom. The molecule has 2 rings (SSSR count). The molecule has 0 aliphatic carbocycles. The highest BCUT2D eigenvalue weighted by Crippen LogP contribution is 2.29. The molecule has 0 aromatic heterocycles. The Balaban J connectivity index is 2.12. The average Bonchev–Trinajstić information content (AvgIpc) is 2.63. The molecule has 0 saturated carbocycles. The first-order valence-corrected chi connectivity index (χ1v) is 4.78.